The van der Waals surface area contributed by atoms with Gasteiger partial charge < -0.3 is 14.7 Å². The van der Waals surface area contributed by atoms with E-state index in [2.05, 4.69) is 0 Å². The standard InChI is InChI=1S/C13H14N2O3/c1-15(2)13(17)10(8-14)6-9-4-5-11(16)12(7-9)18-3/h4-7,16H,1-3H3/b10-6+. The van der Waals surface area contributed by atoms with Crippen molar-refractivity contribution in [3.8, 4) is 17.6 Å². The summed E-state index contributed by atoms with van der Waals surface area (Å²) in [7, 11) is 4.58. The van der Waals surface area contributed by atoms with E-state index in [1.807, 2.05) is 6.07 Å². The van der Waals surface area contributed by atoms with Crippen LogP contribution in [0.25, 0.3) is 6.08 Å². The predicted molar refractivity (Wildman–Crippen MR) is 66.9 cm³/mol. The van der Waals surface area contributed by atoms with Crippen LogP contribution in [0.4, 0.5) is 0 Å². The fourth-order valence-corrected chi connectivity index (χ4v) is 1.33. The molecule has 5 nitrogen and oxygen atoms in total. The van der Waals surface area contributed by atoms with E-state index in [-0.39, 0.29) is 17.2 Å². The molecule has 5 heteroatoms. The smallest absolute Gasteiger partial charge is 0.264 e. The number of hydrogen-bond acceptors (Lipinski definition) is 4. The molecule has 0 spiro atoms. The largest absolute Gasteiger partial charge is 0.504 e. The van der Waals surface area contributed by atoms with E-state index >= 15 is 0 Å². The summed E-state index contributed by atoms with van der Waals surface area (Å²) in [6.07, 6.45) is 1.45. The number of benzene rings is 1. The van der Waals surface area contributed by atoms with Gasteiger partial charge >= 0.3 is 0 Å². The first-order valence-corrected chi connectivity index (χ1v) is 5.20. The van der Waals surface area contributed by atoms with Gasteiger partial charge in [0.25, 0.3) is 5.91 Å². The summed E-state index contributed by atoms with van der Waals surface area (Å²) in [6.45, 7) is 0. The van der Waals surface area contributed by atoms with Crippen LogP contribution in [0.1, 0.15) is 5.56 Å². The molecule has 0 unspecified atom stereocenters. The molecule has 18 heavy (non-hydrogen) atoms. The van der Waals surface area contributed by atoms with E-state index in [1.54, 1.807) is 26.2 Å². The zero-order valence-electron chi connectivity index (χ0n) is 10.5. The molecule has 0 atom stereocenters. The number of hydrogen-bond donors (Lipinski definition) is 1. The van der Waals surface area contributed by atoms with Gasteiger partial charge in [-0.1, -0.05) is 6.07 Å². The maximum Gasteiger partial charge on any atom is 0.264 e. The minimum absolute atomic E-state index is 0.00657. The van der Waals surface area contributed by atoms with Crippen LogP contribution in [-0.2, 0) is 4.79 Å². The Morgan fingerprint density at radius 3 is 2.67 bits per heavy atom. The highest BCUT2D eigenvalue weighted by Crippen LogP contribution is 2.27. The van der Waals surface area contributed by atoms with Crippen molar-refractivity contribution in [2.45, 2.75) is 0 Å². The summed E-state index contributed by atoms with van der Waals surface area (Å²) in [4.78, 5) is 13.0. The van der Waals surface area contributed by atoms with Gasteiger partial charge in [0.1, 0.15) is 11.6 Å². The molecule has 1 rings (SSSR count). The third kappa shape index (κ3) is 3.01. The average molecular weight is 246 g/mol. The van der Waals surface area contributed by atoms with Gasteiger partial charge in [-0.15, -0.1) is 0 Å². The molecule has 0 fully saturated rings. The fourth-order valence-electron chi connectivity index (χ4n) is 1.33. The number of phenols is 1. The number of nitriles is 1. The van der Waals surface area contributed by atoms with E-state index in [0.717, 1.165) is 0 Å². The Morgan fingerprint density at radius 2 is 2.17 bits per heavy atom. The minimum Gasteiger partial charge on any atom is -0.504 e. The lowest BCUT2D eigenvalue weighted by Gasteiger charge is -2.09. The van der Waals surface area contributed by atoms with Gasteiger partial charge in [0, 0.05) is 14.1 Å². The second kappa shape index (κ2) is 5.73. The van der Waals surface area contributed by atoms with Crippen LogP contribution in [0, 0.1) is 11.3 Å². The Balaban J connectivity index is 3.15. The van der Waals surface area contributed by atoms with Crippen molar-refractivity contribution < 1.29 is 14.6 Å². The van der Waals surface area contributed by atoms with Crippen LogP contribution in [-0.4, -0.2) is 37.1 Å². The second-order valence-electron chi connectivity index (χ2n) is 3.80. The number of ether oxygens (including phenoxy) is 1. The Kier molecular flexibility index (Phi) is 4.33. The molecule has 0 aliphatic heterocycles. The Hall–Kier alpha value is -2.48. The number of phenolic OH excluding ortho intramolecular Hbond substituents is 1. The van der Waals surface area contributed by atoms with Gasteiger partial charge in [-0.3, -0.25) is 4.79 Å². The average Bonchev–Trinajstić information content (AvgIpc) is 2.36. The molecule has 1 amide bonds. The van der Waals surface area contributed by atoms with Crippen molar-refractivity contribution in [2.24, 2.45) is 0 Å². The molecule has 1 N–H and O–H groups in total. The van der Waals surface area contributed by atoms with E-state index < -0.39 is 0 Å². The number of aromatic hydroxyl groups is 1. The van der Waals surface area contributed by atoms with Crippen molar-refractivity contribution in [1.82, 2.24) is 4.90 Å². The molecular formula is C13H14N2O3. The third-order valence-corrected chi connectivity index (χ3v) is 2.27. The quantitative estimate of drug-likeness (QED) is 0.646. The number of amides is 1. The normalized spacial score (nSPS) is 10.7. The van der Waals surface area contributed by atoms with Gasteiger partial charge in [0.05, 0.1) is 7.11 Å². The molecule has 0 radical (unpaired) electrons. The fraction of sp³-hybridized carbons (Fsp3) is 0.231. The molecule has 0 aliphatic rings. The first-order chi connectivity index (χ1) is 8.49. The molecule has 0 saturated carbocycles. The highest BCUT2D eigenvalue weighted by atomic mass is 16.5. The number of rotatable bonds is 3. The summed E-state index contributed by atoms with van der Waals surface area (Å²) in [6, 6.07) is 6.44. The van der Waals surface area contributed by atoms with E-state index in [4.69, 9.17) is 10.00 Å². The molecule has 1 aromatic rings. The topological polar surface area (TPSA) is 73.6 Å². The number of methoxy groups -OCH3 is 1. The number of likely N-dealkylation sites (N-methyl/N-ethyl adjacent to an activating group) is 1. The van der Waals surface area contributed by atoms with E-state index in [0.29, 0.717) is 11.3 Å². The molecular weight excluding hydrogens is 232 g/mol. The van der Waals surface area contributed by atoms with Crippen LogP contribution >= 0.6 is 0 Å². The molecule has 0 bridgehead atoms. The van der Waals surface area contributed by atoms with Crippen molar-refractivity contribution in [3.05, 3.63) is 29.3 Å². The van der Waals surface area contributed by atoms with Crippen molar-refractivity contribution in [2.75, 3.05) is 21.2 Å². The van der Waals surface area contributed by atoms with Gasteiger partial charge in [0.2, 0.25) is 0 Å². The van der Waals surface area contributed by atoms with Crippen molar-refractivity contribution in [1.29, 1.82) is 5.26 Å². The molecule has 0 heterocycles. The Bertz CT molecular complexity index is 528. The Morgan fingerprint density at radius 1 is 1.50 bits per heavy atom. The zero-order valence-corrected chi connectivity index (χ0v) is 10.5. The molecule has 0 aliphatic carbocycles. The van der Waals surface area contributed by atoms with Crippen LogP contribution in [0.5, 0.6) is 11.5 Å². The summed E-state index contributed by atoms with van der Waals surface area (Å²) < 4.78 is 4.95. The summed E-state index contributed by atoms with van der Waals surface area (Å²) in [5.41, 5.74) is 0.629. The monoisotopic (exact) mass is 246 g/mol. The lowest BCUT2D eigenvalue weighted by Crippen LogP contribution is -2.22. The van der Waals surface area contributed by atoms with Crippen molar-refractivity contribution >= 4 is 12.0 Å². The minimum atomic E-state index is -0.371. The molecule has 94 valence electrons. The predicted octanol–water partition coefficient (Wildman–Crippen LogP) is 1.40. The van der Waals surface area contributed by atoms with E-state index in [1.165, 1.54) is 24.2 Å². The number of carbonyl (C=O) groups is 1. The highest BCUT2D eigenvalue weighted by molar-refractivity contribution is 6.01. The van der Waals surface area contributed by atoms with Crippen LogP contribution < -0.4 is 4.74 Å². The molecule has 0 aromatic heterocycles. The van der Waals surface area contributed by atoms with Crippen LogP contribution in [0.3, 0.4) is 0 Å². The SMILES string of the molecule is COc1cc(/C=C(\C#N)C(=O)N(C)C)ccc1O. The lowest BCUT2D eigenvalue weighted by molar-refractivity contribution is -0.124. The lowest BCUT2D eigenvalue weighted by atomic mass is 10.1. The molecule has 0 saturated heterocycles. The maximum absolute atomic E-state index is 11.7. The van der Waals surface area contributed by atoms with Gasteiger partial charge in [0.15, 0.2) is 11.5 Å². The van der Waals surface area contributed by atoms with Crippen LogP contribution in [0.2, 0.25) is 0 Å². The van der Waals surface area contributed by atoms with E-state index in [9.17, 15) is 9.90 Å². The van der Waals surface area contributed by atoms with Gasteiger partial charge in [-0.2, -0.15) is 5.26 Å². The van der Waals surface area contributed by atoms with Gasteiger partial charge in [-0.05, 0) is 23.8 Å². The molecule has 1 aromatic carbocycles. The number of carbonyl (C=O) groups excluding carboxylic acids is 1. The first kappa shape index (κ1) is 13.6. The number of nitrogens with zero attached hydrogens (tertiary/aromatic N) is 2. The van der Waals surface area contributed by atoms with Crippen LogP contribution in [0.15, 0.2) is 23.8 Å². The highest BCUT2D eigenvalue weighted by Gasteiger charge is 2.11. The Labute approximate surface area is 106 Å². The first-order valence-electron chi connectivity index (χ1n) is 5.20. The van der Waals surface area contributed by atoms with Gasteiger partial charge in [-0.25, -0.2) is 0 Å². The summed E-state index contributed by atoms with van der Waals surface area (Å²) >= 11 is 0. The summed E-state index contributed by atoms with van der Waals surface area (Å²) in [5, 5.41) is 18.4. The zero-order chi connectivity index (χ0) is 13.7. The second-order valence-corrected chi connectivity index (χ2v) is 3.80. The van der Waals surface area contributed by atoms with Crippen molar-refractivity contribution in [3.63, 3.8) is 0 Å². The third-order valence-electron chi connectivity index (χ3n) is 2.27. The maximum atomic E-state index is 11.7. The summed E-state index contributed by atoms with van der Waals surface area (Å²) in [5.74, 6) is -0.0741.